The zero-order valence-corrected chi connectivity index (χ0v) is 9.14. The second-order valence-corrected chi connectivity index (χ2v) is 4.21. The smallest absolute Gasteiger partial charge is 0.134 e. The maximum atomic E-state index is 5.61. The maximum absolute atomic E-state index is 5.61. The first-order valence-electron chi connectivity index (χ1n) is 4.98. The summed E-state index contributed by atoms with van der Waals surface area (Å²) in [5.74, 6) is 1.68. The third-order valence-corrected chi connectivity index (χ3v) is 3.02. The molecule has 3 heteroatoms. The highest BCUT2D eigenvalue weighted by Crippen LogP contribution is 2.42. The predicted molar refractivity (Wildman–Crippen MR) is 59.6 cm³/mol. The lowest BCUT2D eigenvalue weighted by atomic mass is 10.1. The number of rotatable bonds is 4. The first-order chi connectivity index (χ1) is 6.85. The van der Waals surface area contributed by atoms with Crippen molar-refractivity contribution in [2.24, 2.45) is 5.14 Å². The summed E-state index contributed by atoms with van der Waals surface area (Å²) in [6.45, 7) is 2.68. The zero-order chi connectivity index (χ0) is 9.97. The highest BCUT2D eigenvalue weighted by Gasteiger charge is 2.24. The molecule has 0 saturated heterocycles. The SMILES string of the molecule is CCOc1ccc(C2CC2)cc1SN. The van der Waals surface area contributed by atoms with Crippen LogP contribution in [0.3, 0.4) is 0 Å². The Hall–Kier alpha value is -0.670. The van der Waals surface area contributed by atoms with Crippen molar-refractivity contribution in [1.29, 1.82) is 0 Å². The minimum absolute atomic E-state index is 0.691. The number of hydrogen-bond donors (Lipinski definition) is 1. The van der Waals surface area contributed by atoms with Crippen LogP contribution in [0.15, 0.2) is 23.1 Å². The normalized spacial score (nSPS) is 15.6. The summed E-state index contributed by atoms with van der Waals surface area (Å²) in [7, 11) is 0. The van der Waals surface area contributed by atoms with Crippen LogP contribution in [-0.4, -0.2) is 6.61 Å². The maximum Gasteiger partial charge on any atom is 0.134 e. The molecule has 1 aliphatic carbocycles. The monoisotopic (exact) mass is 209 g/mol. The fraction of sp³-hybridized carbons (Fsp3) is 0.455. The van der Waals surface area contributed by atoms with Crippen LogP contribution in [0.1, 0.15) is 31.2 Å². The molecule has 2 N–H and O–H groups in total. The van der Waals surface area contributed by atoms with Gasteiger partial charge in [0.05, 0.1) is 11.5 Å². The number of ether oxygens (including phenoxy) is 1. The molecular weight excluding hydrogens is 194 g/mol. The van der Waals surface area contributed by atoms with Crippen molar-refractivity contribution in [2.45, 2.75) is 30.6 Å². The molecule has 0 atom stereocenters. The van der Waals surface area contributed by atoms with Gasteiger partial charge in [-0.15, -0.1) is 0 Å². The molecule has 0 spiro atoms. The summed E-state index contributed by atoms with van der Waals surface area (Å²) in [4.78, 5) is 1.05. The van der Waals surface area contributed by atoms with Gasteiger partial charge in [0, 0.05) is 0 Å². The lowest BCUT2D eigenvalue weighted by molar-refractivity contribution is 0.332. The van der Waals surface area contributed by atoms with E-state index in [1.54, 1.807) is 0 Å². The summed E-state index contributed by atoms with van der Waals surface area (Å²) in [5.41, 5.74) is 1.40. The lowest BCUT2D eigenvalue weighted by Gasteiger charge is -2.09. The Morgan fingerprint density at radius 2 is 2.29 bits per heavy atom. The second-order valence-electron chi connectivity index (χ2n) is 3.53. The topological polar surface area (TPSA) is 35.2 Å². The van der Waals surface area contributed by atoms with Gasteiger partial charge in [-0.3, -0.25) is 5.14 Å². The zero-order valence-electron chi connectivity index (χ0n) is 8.32. The van der Waals surface area contributed by atoms with Crippen LogP contribution in [0.4, 0.5) is 0 Å². The molecule has 1 fully saturated rings. The van der Waals surface area contributed by atoms with E-state index in [-0.39, 0.29) is 0 Å². The van der Waals surface area contributed by atoms with Crippen molar-refractivity contribution in [3.63, 3.8) is 0 Å². The van der Waals surface area contributed by atoms with Crippen LogP contribution in [0, 0.1) is 0 Å². The average Bonchev–Trinajstić information content (AvgIpc) is 3.02. The molecule has 0 bridgehead atoms. The molecule has 0 unspecified atom stereocenters. The predicted octanol–water partition coefficient (Wildman–Crippen LogP) is 2.93. The van der Waals surface area contributed by atoms with Gasteiger partial charge in [-0.1, -0.05) is 6.07 Å². The molecular formula is C11H15NOS. The van der Waals surface area contributed by atoms with Gasteiger partial charge < -0.3 is 4.74 Å². The minimum atomic E-state index is 0.691. The summed E-state index contributed by atoms with van der Waals surface area (Å²) in [6.07, 6.45) is 2.64. The van der Waals surface area contributed by atoms with Gasteiger partial charge in [-0.2, -0.15) is 0 Å². The number of hydrogen-bond acceptors (Lipinski definition) is 3. The molecule has 0 radical (unpaired) electrons. The first-order valence-corrected chi connectivity index (χ1v) is 5.86. The van der Waals surface area contributed by atoms with Gasteiger partial charge in [0.2, 0.25) is 0 Å². The van der Waals surface area contributed by atoms with Gasteiger partial charge in [0.15, 0.2) is 0 Å². The van der Waals surface area contributed by atoms with Crippen LogP contribution in [-0.2, 0) is 0 Å². The van der Waals surface area contributed by atoms with Crippen LogP contribution in [0.25, 0.3) is 0 Å². The fourth-order valence-electron chi connectivity index (χ4n) is 1.56. The van der Waals surface area contributed by atoms with Gasteiger partial charge in [0.1, 0.15) is 5.75 Å². The van der Waals surface area contributed by atoms with Crippen molar-refractivity contribution < 1.29 is 4.74 Å². The van der Waals surface area contributed by atoms with Crippen molar-refractivity contribution in [1.82, 2.24) is 0 Å². The Kier molecular flexibility index (Phi) is 2.99. The van der Waals surface area contributed by atoms with Gasteiger partial charge >= 0.3 is 0 Å². The minimum Gasteiger partial charge on any atom is -0.493 e. The molecule has 1 aliphatic rings. The Morgan fingerprint density at radius 1 is 1.50 bits per heavy atom. The van der Waals surface area contributed by atoms with E-state index < -0.39 is 0 Å². The summed E-state index contributed by atoms with van der Waals surface area (Å²) in [5, 5.41) is 5.61. The molecule has 2 nitrogen and oxygen atoms in total. The molecule has 0 aliphatic heterocycles. The van der Waals surface area contributed by atoms with Crippen LogP contribution in [0.2, 0.25) is 0 Å². The lowest BCUT2D eigenvalue weighted by Crippen LogP contribution is -1.95. The van der Waals surface area contributed by atoms with Crippen molar-refractivity contribution in [3.8, 4) is 5.75 Å². The highest BCUT2D eigenvalue weighted by atomic mass is 32.2. The number of nitrogens with two attached hydrogens (primary N) is 1. The van der Waals surface area contributed by atoms with E-state index in [4.69, 9.17) is 9.88 Å². The molecule has 0 heterocycles. The van der Waals surface area contributed by atoms with Gasteiger partial charge in [0.25, 0.3) is 0 Å². The Morgan fingerprint density at radius 3 is 2.86 bits per heavy atom. The Bertz CT molecular complexity index is 323. The van der Waals surface area contributed by atoms with Crippen molar-refractivity contribution >= 4 is 11.9 Å². The van der Waals surface area contributed by atoms with E-state index in [2.05, 4.69) is 12.1 Å². The van der Waals surface area contributed by atoms with E-state index in [0.717, 1.165) is 16.6 Å². The quantitative estimate of drug-likeness (QED) is 0.774. The third kappa shape index (κ3) is 2.04. The molecule has 76 valence electrons. The Balaban J connectivity index is 2.24. The van der Waals surface area contributed by atoms with Crippen molar-refractivity contribution in [3.05, 3.63) is 23.8 Å². The molecule has 0 amide bonds. The number of benzene rings is 1. The second kappa shape index (κ2) is 4.24. The highest BCUT2D eigenvalue weighted by molar-refractivity contribution is 7.97. The van der Waals surface area contributed by atoms with E-state index in [9.17, 15) is 0 Å². The fourth-order valence-corrected chi connectivity index (χ4v) is 2.01. The third-order valence-electron chi connectivity index (χ3n) is 2.44. The molecule has 14 heavy (non-hydrogen) atoms. The van der Waals surface area contributed by atoms with Crippen LogP contribution < -0.4 is 9.88 Å². The Labute approximate surface area is 89.0 Å². The van der Waals surface area contributed by atoms with E-state index in [0.29, 0.717) is 6.61 Å². The summed E-state index contributed by atoms with van der Waals surface area (Å²) >= 11 is 1.27. The van der Waals surface area contributed by atoms with Crippen LogP contribution in [0.5, 0.6) is 5.75 Å². The van der Waals surface area contributed by atoms with Gasteiger partial charge in [-0.25, -0.2) is 0 Å². The van der Waals surface area contributed by atoms with E-state index in [1.165, 1.54) is 30.4 Å². The molecule has 0 aromatic heterocycles. The van der Waals surface area contributed by atoms with E-state index in [1.807, 2.05) is 13.0 Å². The first kappa shape index (κ1) is 9.87. The molecule has 1 aromatic rings. The summed E-state index contributed by atoms with van der Waals surface area (Å²) < 4.78 is 5.48. The van der Waals surface area contributed by atoms with Crippen LogP contribution >= 0.6 is 11.9 Å². The van der Waals surface area contributed by atoms with Gasteiger partial charge in [-0.05, 0) is 55.3 Å². The molecule has 2 rings (SSSR count). The standard InChI is InChI=1S/C11H15NOS/c1-2-13-10-6-5-9(8-3-4-8)7-11(10)14-12/h5-8H,2-4,12H2,1H3. The summed E-state index contributed by atoms with van der Waals surface area (Å²) in [6, 6.07) is 6.35. The van der Waals surface area contributed by atoms with E-state index >= 15 is 0 Å². The largest absolute Gasteiger partial charge is 0.493 e. The molecule has 1 saturated carbocycles. The van der Waals surface area contributed by atoms with Crippen molar-refractivity contribution in [2.75, 3.05) is 6.61 Å². The molecule has 1 aromatic carbocycles. The average molecular weight is 209 g/mol.